The van der Waals surface area contributed by atoms with E-state index in [-0.39, 0.29) is 5.82 Å². The lowest BCUT2D eigenvalue weighted by atomic mass is 10.4. The van der Waals surface area contributed by atoms with Gasteiger partial charge < -0.3 is 0 Å². The van der Waals surface area contributed by atoms with Gasteiger partial charge in [0.2, 0.25) is 0 Å². The van der Waals surface area contributed by atoms with E-state index in [2.05, 4.69) is 0 Å². The van der Waals surface area contributed by atoms with Crippen LogP contribution < -0.4 is 0 Å². The molecule has 0 aliphatic carbocycles. The highest BCUT2D eigenvalue weighted by Gasteiger charge is 1.77. The smallest absolute Gasteiger partial charge is 0.207 e. The monoisotopic (exact) mass is 161 g/mol. The molecule has 0 spiro atoms. The lowest BCUT2D eigenvalue weighted by Crippen LogP contribution is -1.63. The Morgan fingerprint density at radius 3 is 1.90 bits per heavy atom. The van der Waals surface area contributed by atoms with Crippen LogP contribution in [0.25, 0.3) is 0 Å². The van der Waals surface area contributed by atoms with Gasteiger partial charge in [-0.3, -0.25) is 0 Å². The third-order valence-electron chi connectivity index (χ3n) is 0.733. The first-order valence-corrected chi connectivity index (χ1v) is 3.38. The Labute approximate surface area is 59.6 Å². The fraction of sp³-hybridized carbons (Fsp3) is 0. The summed E-state index contributed by atoms with van der Waals surface area (Å²) in [5.74, 6) is -0.178. The molecular weight excluding hydrogens is 154 g/mol. The van der Waals surface area contributed by atoms with Gasteiger partial charge in [-0.2, -0.15) is 4.89 Å². The second-order valence-corrected chi connectivity index (χ2v) is 1.57. The maximum Gasteiger partial charge on any atom is 0.491 e. The van der Waals surface area contributed by atoms with Gasteiger partial charge in [0, 0.05) is 0 Å². The molecule has 0 amide bonds. The summed E-state index contributed by atoms with van der Waals surface area (Å²) in [4.78, 5) is 7.04. The summed E-state index contributed by atoms with van der Waals surface area (Å²) in [7, 11) is -1.17. The summed E-state index contributed by atoms with van der Waals surface area (Å²) >= 11 is 0. The molecule has 54 valence electrons. The highest BCUT2D eigenvalue weighted by atomic mass is 31.1. The number of benzene rings is 1. The molecule has 0 radical (unpaired) electrons. The van der Waals surface area contributed by atoms with Gasteiger partial charge in [-0.1, -0.05) is 18.2 Å². The van der Waals surface area contributed by atoms with Gasteiger partial charge in [-0.15, -0.1) is 0 Å². The Bertz CT molecular complexity index is 178. The van der Waals surface area contributed by atoms with Crippen molar-refractivity contribution in [2.75, 3.05) is 0 Å². The predicted octanol–water partition coefficient (Wildman–Crippen LogP) is 1.74. The van der Waals surface area contributed by atoms with Crippen molar-refractivity contribution >= 4 is 8.69 Å². The molecule has 4 heteroatoms. The van der Waals surface area contributed by atoms with Crippen LogP contribution in [0.4, 0.5) is 4.39 Å². The van der Waals surface area contributed by atoms with Gasteiger partial charge in [0.25, 0.3) is 0 Å². The first-order valence-electron chi connectivity index (χ1n) is 2.53. The third-order valence-corrected chi connectivity index (χ3v) is 0.733. The van der Waals surface area contributed by atoms with Crippen molar-refractivity contribution in [2.24, 2.45) is 0 Å². The summed E-state index contributed by atoms with van der Waals surface area (Å²) < 4.78 is 20.4. The zero-order chi connectivity index (χ0) is 7.82. The van der Waals surface area contributed by atoms with Crippen molar-refractivity contribution in [1.29, 1.82) is 0 Å². The summed E-state index contributed by atoms with van der Waals surface area (Å²) in [6.07, 6.45) is 0. The second kappa shape index (κ2) is 6.33. The predicted molar refractivity (Wildman–Crippen MR) is 37.6 cm³/mol. The topological polar surface area (TPSA) is 37.3 Å². The highest BCUT2D eigenvalue weighted by Crippen LogP contribution is 1.91. The molecule has 2 nitrogen and oxygen atoms in total. The lowest BCUT2D eigenvalue weighted by Gasteiger charge is -1.78. The van der Waals surface area contributed by atoms with E-state index in [9.17, 15) is 4.39 Å². The van der Waals surface area contributed by atoms with Crippen LogP contribution in [0.2, 0.25) is 0 Å². The second-order valence-electron chi connectivity index (χ2n) is 1.39. The summed E-state index contributed by atoms with van der Waals surface area (Å²) in [5.41, 5.74) is 0. The Morgan fingerprint density at radius 1 is 1.30 bits per heavy atom. The molecule has 0 aliphatic heterocycles. The van der Waals surface area contributed by atoms with Gasteiger partial charge in [-0.25, -0.2) is 4.39 Å². The molecule has 1 aromatic rings. The van der Waals surface area contributed by atoms with E-state index in [0.29, 0.717) is 0 Å². The quantitative estimate of drug-likeness (QED) is 0.588. The molecule has 1 atom stereocenters. The van der Waals surface area contributed by atoms with Crippen molar-refractivity contribution in [3.63, 3.8) is 0 Å². The van der Waals surface area contributed by atoms with Crippen molar-refractivity contribution in [2.45, 2.75) is 0 Å². The zero-order valence-electron chi connectivity index (χ0n) is 5.12. The van der Waals surface area contributed by atoms with Crippen molar-refractivity contribution in [3.05, 3.63) is 36.1 Å². The molecule has 0 fully saturated rings. The minimum atomic E-state index is -1.17. The highest BCUT2D eigenvalue weighted by molar-refractivity contribution is 7.16. The van der Waals surface area contributed by atoms with E-state index in [0.717, 1.165) is 0 Å². The lowest BCUT2D eigenvalue weighted by molar-refractivity contribution is 0.524. The molecule has 0 bridgehead atoms. The van der Waals surface area contributed by atoms with Crippen LogP contribution in [0, 0.1) is 5.82 Å². The molecule has 0 saturated carbocycles. The molecule has 1 N–H and O–H groups in total. The van der Waals surface area contributed by atoms with E-state index in [1.165, 1.54) is 12.1 Å². The number of halogens is 1. The van der Waals surface area contributed by atoms with Crippen molar-refractivity contribution < 1.29 is 13.8 Å². The van der Waals surface area contributed by atoms with Gasteiger partial charge in [0.1, 0.15) is 5.82 Å². The van der Waals surface area contributed by atoms with E-state index in [1.54, 1.807) is 18.2 Å². The largest absolute Gasteiger partial charge is 0.491 e. The van der Waals surface area contributed by atoms with Crippen LogP contribution in [0.15, 0.2) is 30.3 Å². The van der Waals surface area contributed by atoms with Crippen LogP contribution in [0.1, 0.15) is 0 Å². The average molecular weight is 161 g/mol. The van der Waals surface area contributed by atoms with Gasteiger partial charge in [0.05, 0.1) is 0 Å². The fourth-order valence-corrected chi connectivity index (χ4v) is 0.415. The van der Waals surface area contributed by atoms with Crippen LogP contribution in [-0.2, 0) is 4.57 Å². The van der Waals surface area contributed by atoms with E-state index in [4.69, 9.17) is 9.46 Å². The Morgan fingerprint density at radius 2 is 1.70 bits per heavy atom. The number of hydrogen-bond acceptors (Lipinski definition) is 1. The summed E-state index contributed by atoms with van der Waals surface area (Å²) in [5, 5.41) is 0. The minimum absolute atomic E-state index is 0.178. The first-order chi connectivity index (χ1) is 4.81. The summed E-state index contributed by atoms with van der Waals surface area (Å²) in [6, 6.07) is 7.94. The molecule has 0 heterocycles. The van der Waals surface area contributed by atoms with Crippen molar-refractivity contribution in [1.82, 2.24) is 0 Å². The van der Waals surface area contributed by atoms with Crippen LogP contribution in [0.3, 0.4) is 0 Å². The van der Waals surface area contributed by atoms with Gasteiger partial charge >= 0.3 is 8.69 Å². The molecule has 1 unspecified atom stereocenters. The van der Waals surface area contributed by atoms with E-state index in [1.807, 2.05) is 0 Å². The Balaban J connectivity index is 0.000000236. The molecule has 0 aromatic heterocycles. The number of hydrogen-bond donors (Lipinski definition) is 1. The molecule has 1 aromatic carbocycles. The van der Waals surface area contributed by atoms with Gasteiger partial charge in [-0.05, 0) is 16.7 Å². The first kappa shape index (κ1) is 9.21. The van der Waals surface area contributed by atoms with Crippen molar-refractivity contribution in [3.8, 4) is 0 Å². The summed E-state index contributed by atoms with van der Waals surface area (Å²) in [6.45, 7) is 0. The SMILES string of the molecule is Fc1ccccc1.O=[PH+]O. The molecule has 10 heavy (non-hydrogen) atoms. The normalized spacial score (nSPS) is 8.20. The Hall–Kier alpha value is -0.790. The molecule has 0 aliphatic rings. The van der Waals surface area contributed by atoms with E-state index < -0.39 is 8.69 Å². The van der Waals surface area contributed by atoms with Crippen LogP contribution in [0.5, 0.6) is 0 Å². The zero-order valence-corrected chi connectivity index (χ0v) is 6.12. The fourth-order valence-electron chi connectivity index (χ4n) is 0.415. The average Bonchev–Trinajstić information content (AvgIpc) is 1.91. The molecule has 1 rings (SSSR count). The third kappa shape index (κ3) is 5.35. The maximum atomic E-state index is 11.9. The Kier molecular flexibility index (Phi) is 5.83. The van der Waals surface area contributed by atoms with Crippen LogP contribution >= 0.6 is 8.69 Å². The van der Waals surface area contributed by atoms with Gasteiger partial charge in [0.15, 0.2) is 0 Å². The van der Waals surface area contributed by atoms with E-state index >= 15 is 0 Å². The minimum Gasteiger partial charge on any atom is -0.207 e. The van der Waals surface area contributed by atoms with Crippen LogP contribution in [-0.4, -0.2) is 4.89 Å². The molecular formula is C6H7FO2P+. The number of rotatable bonds is 0. The molecule has 0 saturated heterocycles. The maximum absolute atomic E-state index is 11.9. The standard InChI is InChI=1S/C6H5F.HO2P/c7-6-4-2-1-3-5-6;1-3-2/h1-5H;3H/p+1.